The Morgan fingerprint density at radius 3 is 2.21 bits per heavy atom. The molecule has 1 aromatic rings. The average Bonchev–Trinajstić information content (AvgIpc) is 3.06. The first-order valence-electron chi connectivity index (χ1n) is 9.48. The Morgan fingerprint density at radius 2 is 1.58 bits per heavy atom. The Kier molecular flexibility index (Phi) is 4.59. The summed E-state index contributed by atoms with van der Waals surface area (Å²) in [6, 6.07) is 10.1. The largest absolute Gasteiger partial charge is 0.481 e. The first-order valence-corrected chi connectivity index (χ1v) is 9.48. The molecule has 4 nitrogen and oxygen atoms in total. The van der Waals surface area contributed by atoms with Crippen molar-refractivity contribution >= 4 is 5.97 Å². The van der Waals surface area contributed by atoms with Gasteiger partial charge in [0.1, 0.15) is 0 Å². The van der Waals surface area contributed by atoms with E-state index >= 15 is 0 Å². The van der Waals surface area contributed by atoms with E-state index in [2.05, 4.69) is 34.1 Å². The normalized spacial score (nSPS) is 27.2. The van der Waals surface area contributed by atoms with Crippen LogP contribution in [0.25, 0.3) is 0 Å². The zero-order valence-corrected chi connectivity index (χ0v) is 14.4. The van der Waals surface area contributed by atoms with Crippen LogP contribution in [-0.4, -0.2) is 59.1 Å². The molecule has 4 heteroatoms. The van der Waals surface area contributed by atoms with Crippen molar-refractivity contribution in [2.75, 3.05) is 26.2 Å². The summed E-state index contributed by atoms with van der Waals surface area (Å²) in [4.78, 5) is 16.4. The summed E-state index contributed by atoms with van der Waals surface area (Å²) in [7, 11) is 0. The molecule has 0 aromatic heterocycles. The zero-order valence-electron chi connectivity index (χ0n) is 14.4. The van der Waals surface area contributed by atoms with Gasteiger partial charge in [-0.05, 0) is 69.3 Å². The highest BCUT2D eigenvalue weighted by Gasteiger charge is 2.34. The molecule has 24 heavy (non-hydrogen) atoms. The van der Waals surface area contributed by atoms with E-state index < -0.39 is 5.97 Å². The van der Waals surface area contributed by atoms with Crippen LogP contribution in [0.2, 0.25) is 0 Å². The number of hydrogen-bond acceptors (Lipinski definition) is 3. The van der Waals surface area contributed by atoms with Crippen molar-refractivity contribution < 1.29 is 9.90 Å². The SMILES string of the molecule is O=C(O)[C@@H]1CCCN(C2CCN(C3Cc4ccccc4C3)CC2)C1. The van der Waals surface area contributed by atoms with Crippen LogP contribution < -0.4 is 0 Å². The molecule has 0 spiro atoms. The molecule has 2 fully saturated rings. The Balaban J connectivity index is 1.30. The van der Waals surface area contributed by atoms with Gasteiger partial charge in [0, 0.05) is 18.6 Å². The lowest BCUT2D eigenvalue weighted by atomic mass is 9.93. The standard InChI is InChI=1S/C20H28N2O2/c23-20(24)17-6-3-9-22(14-17)18-7-10-21(11-8-18)19-12-15-4-1-2-5-16(15)13-19/h1-2,4-5,17-19H,3,6-14H2,(H,23,24)/t17-/m1/s1. The van der Waals surface area contributed by atoms with E-state index in [9.17, 15) is 9.90 Å². The summed E-state index contributed by atoms with van der Waals surface area (Å²) >= 11 is 0. The quantitative estimate of drug-likeness (QED) is 0.925. The third-order valence-electron chi connectivity index (χ3n) is 6.36. The molecule has 0 saturated carbocycles. The summed E-state index contributed by atoms with van der Waals surface area (Å²) in [5, 5.41) is 9.29. The number of fused-ring (bicyclic) bond motifs is 1. The van der Waals surface area contributed by atoms with Crippen LogP contribution in [0.15, 0.2) is 24.3 Å². The lowest BCUT2D eigenvalue weighted by Gasteiger charge is -2.43. The van der Waals surface area contributed by atoms with Crippen LogP contribution in [-0.2, 0) is 17.6 Å². The molecule has 2 aliphatic heterocycles. The number of carboxylic acid groups (broad SMARTS) is 1. The number of carboxylic acids is 1. The molecule has 1 aromatic carbocycles. The predicted octanol–water partition coefficient (Wildman–Crippen LogP) is 2.41. The first kappa shape index (κ1) is 16.1. The Bertz CT molecular complexity index is 570. The summed E-state index contributed by atoms with van der Waals surface area (Å²) in [5.74, 6) is -0.762. The minimum absolute atomic E-state index is 0.152. The molecular formula is C20H28N2O2. The number of nitrogens with zero attached hydrogens (tertiary/aromatic N) is 2. The van der Waals surface area contributed by atoms with Crippen molar-refractivity contribution in [2.24, 2.45) is 5.92 Å². The number of carbonyl (C=O) groups is 1. The molecule has 0 bridgehead atoms. The molecule has 0 radical (unpaired) electrons. The summed E-state index contributed by atoms with van der Waals surface area (Å²) in [6.07, 6.45) is 6.68. The Labute approximate surface area is 144 Å². The molecule has 130 valence electrons. The Morgan fingerprint density at radius 1 is 0.917 bits per heavy atom. The summed E-state index contributed by atoms with van der Waals surface area (Å²) in [6.45, 7) is 4.17. The minimum Gasteiger partial charge on any atom is -0.481 e. The van der Waals surface area contributed by atoms with Crippen LogP contribution in [0.1, 0.15) is 36.8 Å². The van der Waals surface area contributed by atoms with Crippen LogP contribution in [0.4, 0.5) is 0 Å². The van der Waals surface area contributed by atoms with Gasteiger partial charge in [0.2, 0.25) is 0 Å². The fourth-order valence-corrected chi connectivity index (χ4v) is 4.95. The maximum absolute atomic E-state index is 11.3. The summed E-state index contributed by atoms with van der Waals surface area (Å²) in [5.41, 5.74) is 3.06. The van der Waals surface area contributed by atoms with Gasteiger partial charge in [-0.25, -0.2) is 0 Å². The van der Waals surface area contributed by atoms with E-state index in [0.29, 0.717) is 12.1 Å². The minimum atomic E-state index is -0.610. The van der Waals surface area contributed by atoms with Crippen LogP contribution in [0.3, 0.4) is 0 Å². The molecule has 2 heterocycles. The van der Waals surface area contributed by atoms with Gasteiger partial charge in [-0.3, -0.25) is 14.6 Å². The second-order valence-corrected chi connectivity index (χ2v) is 7.77. The molecule has 1 aliphatic carbocycles. The van der Waals surface area contributed by atoms with E-state index in [4.69, 9.17) is 0 Å². The number of piperidine rings is 2. The van der Waals surface area contributed by atoms with Crippen molar-refractivity contribution in [1.82, 2.24) is 9.80 Å². The van der Waals surface area contributed by atoms with Gasteiger partial charge < -0.3 is 5.11 Å². The van der Waals surface area contributed by atoms with E-state index in [1.165, 1.54) is 36.8 Å². The lowest BCUT2D eigenvalue weighted by Crippen LogP contribution is -2.51. The highest BCUT2D eigenvalue weighted by molar-refractivity contribution is 5.70. The Hall–Kier alpha value is -1.39. The van der Waals surface area contributed by atoms with E-state index in [1.807, 2.05) is 0 Å². The number of benzene rings is 1. The number of likely N-dealkylation sites (tertiary alicyclic amines) is 2. The number of rotatable bonds is 3. The molecule has 1 atom stereocenters. The molecule has 0 amide bonds. The van der Waals surface area contributed by atoms with Crippen molar-refractivity contribution in [3.63, 3.8) is 0 Å². The molecule has 1 N–H and O–H groups in total. The monoisotopic (exact) mass is 328 g/mol. The fourth-order valence-electron chi connectivity index (χ4n) is 4.95. The molecule has 3 aliphatic rings. The lowest BCUT2D eigenvalue weighted by molar-refractivity contribution is -0.144. The smallest absolute Gasteiger partial charge is 0.307 e. The highest BCUT2D eigenvalue weighted by atomic mass is 16.4. The fraction of sp³-hybridized carbons (Fsp3) is 0.650. The van der Waals surface area contributed by atoms with E-state index in [1.54, 1.807) is 0 Å². The van der Waals surface area contributed by atoms with E-state index in [0.717, 1.165) is 39.0 Å². The average molecular weight is 328 g/mol. The third kappa shape index (κ3) is 3.22. The maximum atomic E-state index is 11.3. The first-order chi connectivity index (χ1) is 11.7. The number of hydrogen-bond donors (Lipinski definition) is 1. The van der Waals surface area contributed by atoms with Gasteiger partial charge in [-0.2, -0.15) is 0 Å². The van der Waals surface area contributed by atoms with Gasteiger partial charge in [0.15, 0.2) is 0 Å². The predicted molar refractivity (Wildman–Crippen MR) is 94.2 cm³/mol. The second-order valence-electron chi connectivity index (χ2n) is 7.77. The molecule has 4 rings (SSSR count). The summed E-state index contributed by atoms with van der Waals surface area (Å²) < 4.78 is 0. The maximum Gasteiger partial charge on any atom is 0.307 e. The van der Waals surface area contributed by atoms with Crippen molar-refractivity contribution in [3.05, 3.63) is 35.4 Å². The third-order valence-corrected chi connectivity index (χ3v) is 6.36. The van der Waals surface area contributed by atoms with Gasteiger partial charge in [0.05, 0.1) is 5.92 Å². The zero-order chi connectivity index (χ0) is 16.5. The van der Waals surface area contributed by atoms with Gasteiger partial charge in [-0.1, -0.05) is 24.3 Å². The van der Waals surface area contributed by atoms with Crippen LogP contribution in [0.5, 0.6) is 0 Å². The van der Waals surface area contributed by atoms with Gasteiger partial charge in [0.25, 0.3) is 0 Å². The highest BCUT2D eigenvalue weighted by Crippen LogP contribution is 2.29. The van der Waals surface area contributed by atoms with Crippen LogP contribution in [0, 0.1) is 5.92 Å². The van der Waals surface area contributed by atoms with Gasteiger partial charge >= 0.3 is 5.97 Å². The molecule has 2 saturated heterocycles. The van der Waals surface area contributed by atoms with Crippen molar-refractivity contribution in [1.29, 1.82) is 0 Å². The van der Waals surface area contributed by atoms with Crippen molar-refractivity contribution in [3.8, 4) is 0 Å². The topological polar surface area (TPSA) is 43.8 Å². The molecule has 0 unspecified atom stereocenters. The van der Waals surface area contributed by atoms with Gasteiger partial charge in [-0.15, -0.1) is 0 Å². The van der Waals surface area contributed by atoms with Crippen molar-refractivity contribution in [2.45, 2.75) is 50.6 Å². The molecular weight excluding hydrogens is 300 g/mol. The number of aliphatic carboxylic acids is 1. The van der Waals surface area contributed by atoms with Crippen LogP contribution >= 0.6 is 0 Å². The second kappa shape index (κ2) is 6.85. The van der Waals surface area contributed by atoms with E-state index in [-0.39, 0.29) is 5.92 Å².